The van der Waals surface area contributed by atoms with Crippen molar-refractivity contribution in [1.29, 1.82) is 0 Å². The highest BCUT2D eigenvalue weighted by atomic mass is 32.1. The highest BCUT2D eigenvalue weighted by Crippen LogP contribution is 2.13. The molecule has 4 nitrogen and oxygen atoms in total. The minimum atomic E-state index is 0.562. The fourth-order valence-electron chi connectivity index (χ4n) is 1.43. The van der Waals surface area contributed by atoms with Crippen LogP contribution in [0.15, 0.2) is 36.5 Å². The first kappa shape index (κ1) is 11.6. The van der Waals surface area contributed by atoms with Crippen LogP contribution in [-0.4, -0.2) is 14.9 Å². The summed E-state index contributed by atoms with van der Waals surface area (Å²) in [5, 5.41) is 10.9. The monoisotopic (exact) mass is 246 g/mol. The van der Waals surface area contributed by atoms with Crippen LogP contribution in [0.5, 0.6) is 0 Å². The van der Waals surface area contributed by atoms with Crippen molar-refractivity contribution in [2.75, 3.05) is 10.6 Å². The van der Waals surface area contributed by atoms with E-state index in [-0.39, 0.29) is 0 Å². The van der Waals surface area contributed by atoms with Crippen molar-refractivity contribution in [2.24, 2.45) is 7.05 Å². The Kier molecular flexibility index (Phi) is 3.39. The van der Waals surface area contributed by atoms with Crippen LogP contribution in [0.25, 0.3) is 0 Å². The third-order valence-corrected chi connectivity index (χ3v) is 2.72. The fourth-order valence-corrected chi connectivity index (χ4v) is 1.66. The Morgan fingerprint density at radius 1 is 1.24 bits per heavy atom. The summed E-state index contributed by atoms with van der Waals surface area (Å²) in [6.07, 6.45) is 1.76. The lowest BCUT2D eigenvalue weighted by Gasteiger charge is -2.09. The van der Waals surface area contributed by atoms with E-state index in [1.54, 1.807) is 10.9 Å². The zero-order chi connectivity index (χ0) is 12.3. The molecular weight excluding hydrogens is 232 g/mol. The maximum atomic E-state index is 5.23. The second-order valence-corrected chi connectivity index (χ2v) is 4.12. The van der Waals surface area contributed by atoms with Crippen molar-refractivity contribution in [1.82, 2.24) is 9.78 Å². The molecule has 0 aliphatic carbocycles. The normalized spacial score (nSPS) is 10.0. The van der Waals surface area contributed by atoms with E-state index in [0.29, 0.717) is 5.11 Å². The highest BCUT2D eigenvalue weighted by Gasteiger charge is 2.05. The van der Waals surface area contributed by atoms with Crippen LogP contribution < -0.4 is 10.6 Å². The second-order valence-electron chi connectivity index (χ2n) is 3.71. The first-order chi connectivity index (χ1) is 8.16. The zero-order valence-corrected chi connectivity index (χ0v) is 10.6. The minimum absolute atomic E-state index is 0.562. The smallest absolute Gasteiger partial charge is 0.175 e. The van der Waals surface area contributed by atoms with Gasteiger partial charge in [-0.2, -0.15) is 5.10 Å². The van der Waals surface area contributed by atoms with Gasteiger partial charge in [-0.3, -0.25) is 4.68 Å². The van der Waals surface area contributed by atoms with Crippen LogP contribution in [0.4, 0.5) is 11.4 Å². The Labute approximate surface area is 106 Å². The van der Waals surface area contributed by atoms with Gasteiger partial charge in [-0.25, -0.2) is 0 Å². The molecule has 0 saturated heterocycles. The summed E-state index contributed by atoms with van der Waals surface area (Å²) < 4.78 is 1.80. The molecule has 17 heavy (non-hydrogen) atoms. The summed E-state index contributed by atoms with van der Waals surface area (Å²) in [6.45, 7) is 1.99. The highest BCUT2D eigenvalue weighted by molar-refractivity contribution is 7.80. The quantitative estimate of drug-likeness (QED) is 0.799. The van der Waals surface area contributed by atoms with Crippen LogP contribution in [0.1, 0.15) is 5.69 Å². The second kappa shape index (κ2) is 4.97. The Balaban J connectivity index is 2.01. The van der Waals surface area contributed by atoms with Gasteiger partial charge in [0.15, 0.2) is 5.11 Å². The number of rotatable bonds is 2. The molecule has 0 spiro atoms. The molecule has 2 aromatic rings. The van der Waals surface area contributed by atoms with Crippen LogP contribution in [0.3, 0.4) is 0 Å². The molecule has 2 N–H and O–H groups in total. The SMILES string of the molecule is Cc1c(NC(=S)Nc2ccccc2)cnn1C. The van der Waals surface area contributed by atoms with E-state index in [1.165, 1.54) is 0 Å². The first-order valence-corrected chi connectivity index (χ1v) is 5.69. The van der Waals surface area contributed by atoms with Crippen molar-refractivity contribution in [2.45, 2.75) is 6.92 Å². The molecule has 1 heterocycles. The topological polar surface area (TPSA) is 41.9 Å². The number of para-hydroxylation sites is 1. The van der Waals surface area contributed by atoms with E-state index in [2.05, 4.69) is 15.7 Å². The van der Waals surface area contributed by atoms with Gasteiger partial charge in [0.1, 0.15) is 0 Å². The lowest BCUT2D eigenvalue weighted by Crippen LogP contribution is -2.19. The van der Waals surface area contributed by atoms with E-state index >= 15 is 0 Å². The number of hydrogen-bond donors (Lipinski definition) is 2. The summed E-state index contributed by atoms with van der Waals surface area (Å²) in [4.78, 5) is 0. The Hall–Kier alpha value is -1.88. The van der Waals surface area contributed by atoms with E-state index in [4.69, 9.17) is 12.2 Å². The Bertz CT molecular complexity index is 519. The molecule has 0 bridgehead atoms. The number of aromatic nitrogens is 2. The van der Waals surface area contributed by atoms with E-state index in [0.717, 1.165) is 17.1 Å². The van der Waals surface area contributed by atoms with Crippen LogP contribution in [-0.2, 0) is 7.05 Å². The molecule has 88 valence electrons. The summed E-state index contributed by atoms with van der Waals surface area (Å²) in [5.41, 5.74) is 2.93. The minimum Gasteiger partial charge on any atom is -0.332 e. The summed E-state index contributed by atoms with van der Waals surface area (Å²) in [6, 6.07) is 9.81. The molecule has 0 saturated carbocycles. The van der Waals surface area contributed by atoms with Crippen molar-refractivity contribution in [3.8, 4) is 0 Å². The van der Waals surface area contributed by atoms with Gasteiger partial charge in [0.05, 0.1) is 17.6 Å². The van der Waals surface area contributed by atoms with Gasteiger partial charge in [0, 0.05) is 12.7 Å². The fraction of sp³-hybridized carbons (Fsp3) is 0.167. The number of nitrogens with zero attached hydrogens (tertiary/aromatic N) is 2. The third kappa shape index (κ3) is 2.82. The molecule has 2 rings (SSSR count). The van der Waals surface area contributed by atoms with Crippen LogP contribution in [0, 0.1) is 6.92 Å². The zero-order valence-electron chi connectivity index (χ0n) is 9.77. The van der Waals surface area contributed by atoms with Crippen molar-refractivity contribution in [3.05, 3.63) is 42.2 Å². The summed E-state index contributed by atoms with van der Waals surface area (Å²) in [5.74, 6) is 0. The Morgan fingerprint density at radius 3 is 2.53 bits per heavy atom. The molecule has 0 amide bonds. The van der Waals surface area contributed by atoms with Crippen molar-refractivity contribution in [3.63, 3.8) is 0 Å². The van der Waals surface area contributed by atoms with Gasteiger partial charge in [-0.1, -0.05) is 18.2 Å². The molecule has 0 radical (unpaired) electrons. The molecule has 0 unspecified atom stereocenters. The summed E-state index contributed by atoms with van der Waals surface area (Å²) in [7, 11) is 1.90. The molecule has 5 heteroatoms. The molecule has 0 fully saturated rings. The van der Waals surface area contributed by atoms with Gasteiger partial charge in [-0.15, -0.1) is 0 Å². The van der Waals surface area contributed by atoms with Gasteiger partial charge in [0.25, 0.3) is 0 Å². The van der Waals surface area contributed by atoms with Crippen LogP contribution in [0.2, 0.25) is 0 Å². The number of anilines is 2. The molecule has 0 atom stereocenters. The van der Waals surface area contributed by atoms with E-state index in [9.17, 15) is 0 Å². The largest absolute Gasteiger partial charge is 0.332 e. The average molecular weight is 246 g/mol. The Morgan fingerprint density at radius 2 is 1.94 bits per heavy atom. The lowest BCUT2D eigenvalue weighted by atomic mass is 10.3. The number of benzene rings is 1. The molecule has 0 aliphatic heterocycles. The standard InChI is InChI=1S/C12H14N4S/c1-9-11(8-13-16(9)2)15-12(17)14-10-6-4-3-5-7-10/h3-8H,1-2H3,(H2,14,15,17). The number of thiocarbonyl (C=S) groups is 1. The van der Waals surface area contributed by atoms with Crippen LogP contribution >= 0.6 is 12.2 Å². The van der Waals surface area contributed by atoms with Gasteiger partial charge in [0.2, 0.25) is 0 Å². The predicted molar refractivity (Wildman–Crippen MR) is 74.2 cm³/mol. The van der Waals surface area contributed by atoms with Crippen molar-refractivity contribution < 1.29 is 0 Å². The lowest BCUT2D eigenvalue weighted by molar-refractivity contribution is 0.740. The van der Waals surface area contributed by atoms with Gasteiger partial charge in [-0.05, 0) is 31.3 Å². The third-order valence-electron chi connectivity index (χ3n) is 2.52. The maximum absolute atomic E-state index is 5.23. The van der Waals surface area contributed by atoms with Gasteiger partial charge < -0.3 is 10.6 Å². The van der Waals surface area contributed by atoms with E-state index in [1.807, 2.05) is 44.3 Å². The van der Waals surface area contributed by atoms with Crippen molar-refractivity contribution >= 4 is 28.7 Å². The number of aryl methyl sites for hydroxylation is 1. The van der Waals surface area contributed by atoms with Gasteiger partial charge >= 0.3 is 0 Å². The molecule has 0 aliphatic rings. The summed E-state index contributed by atoms with van der Waals surface area (Å²) >= 11 is 5.23. The van der Waals surface area contributed by atoms with E-state index < -0.39 is 0 Å². The molecule has 1 aromatic heterocycles. The number of nitrogens with one attached hydrogen (secondary N) is 2. The average Bonchev–Trinajstić information content (AvgIpc) is 2.62. The predicted octanol–water partition coefficient (Wildman–Crippen LogP) is 2.54. The molecule has 1 aromatic carbocycles. The number of hydrogen-bond acceptors (Lipinski definition) is 2. The molecular formula is C12H14N4S. The first-order valence-electron chi connectivity index (χ1n) is 5.28. The maximum Gasteiger partial charge on any atom is 0.175 e.